The second-order valence-electron chi connectivity index (χ2n) is 9.26. The summed E-state index contributed by atoms with van der Waals surface area (Å²) in [5.74, 6) is 1.48. The Balaban J connectivity index is 1.52. The van der Waals surface area contributed by atoms with Crippen molar-refractivity contribution in [1.29, 1.82) is 0 Å². The molecule has 1 saturated heterocycles. The summed E-state index contributed by atoms with van der Waals surface area (Å²) in [6.45, 7) is 6.94. The number of hydrogen-bond donors (Lipinski definition) is 1. The van der Waals surface area contributed by atoms with Gasteiger partial charge < -0.3 is 9.73 Å². The van der Waals surface area contributed by atoms with Gasteiger partial charge in [0.2, 0.25) is 5.91 Å². The van der Waals surface area contributed by atoms with Crippen molar-refractivity contribution < 1.29 is 17.6 Å². The lowest BCUT2D eigenvalue weighted by molar-refractivity contribution is -0.119. The molecule has 1 aromatic carbocycles. The lowest BCUT2D eigenvalue weighted by Gasteiger charge is -2.19. The highest BCUT2D eigenvalue weighted by molar-refractivity contribution is 7.99. The Morgan fingerprint density at radius 2 is 1.97 bits per heavy atom. The lowest BCUT2D eigenvalue weighted by atomic mass is 9.87. The summed E-state index contributed by atoms with van der Waals surface area (Å²) in [4.78, 5) is 12.4. The lowest BCUT2D eigenvalue weighted by Crippen LogP contribution is -2.36. The number of sulfone groups is 1. The quantitative estimate of drug-likeness (QED) is 0.509. The fraction of sp³-hybridized carbons (Fsp3) is 0.435. The molecule has 0 aliphatic carbocycles. The van der Waals surface area contributed by atoms with Gasteiger partial charge in [-0.05, 0) is 29.5 Å². The number of carbonyl (C=O) groups is 1. The first kappa shape index (κ1) is 23.6. The number of rotatable bonds is 7. The molecule has 1 aliphatic heterocycles. The molecule has 4 rings (SSSR count). The van der Waals surface area contributed by atoms with E-state index in [1.165, 1.54) is 17.3 Å². The van der Waals surface area contributed by atoms with E-state index < -0.39 is 9.84 Å². The van der Waals surface area contributed by atoms with Crippen LogP contribution in [0.3, 0.4) is 0 Å². The highest BCUT2D eigenvalue weighted by atomic mass is 32.2. The molecule has 10 heteroatoms. The molecule has 3 heterocycles. The van der Waals surface area contributed by atoms with E-state index in [0.29, 0.717) is 23.9 Å². The summed E-state index contributed by atoms with van der Waals surface area (Å²) in [7, 11) is -3.04. The van der Waals surface area contributed by atoms with Crippen LogP contribution in [-0.2, 0) is 26.6 Å². The Morgan fingerprint density at radius 3 is 2.58 bits per heavy atom. The molecule has 8 nitrogen and oxygen atoms in total. The maximum absolute atomic E-state index is 12.4. The van der Waals surface area contributed by atoms with Gasteiger partial charge in [0.15, 0.2) is 20.8 Å². The number of carbonyl (C=O) groups excluding carboxylic acids is 1. The monoisotopic (exact) mass is 488 g/mol. The maximum atomic E-state index is 12.4. The van der Waals surface area contributed by atoms with Gasteiger partial charge in [0.1, 0.15) is 5.76 Å². The molecular weight excluding hydrogens is 460 g/mol. The standard InChI is InChI=1S/C23H28N4O4S2/c1-23(2,3)17-8-6-16(7-9-17)21-25-26-22(27(21)13-19-5-4-11-31-19)32-14-20(28)24-18-10-12-33(29,30)15-18/h4-9,11,18H,10,12-15H2,1-3H3,(H,24,28). The number of furan rings is 1. The minimum atomic E-state index is -3.04. The fourth-order valence-electron chi connectivity index (χ4n) is 3.74. The van der Waals surface area contributed by atoms with E-state index in [9.17, 15) is 13.2 Å². The molecular formula is C23H28N4O4S2. The van der Waals surface area contributed by atoms with E-state index in [4.69, 9.17) is 4.42 Å². The number of benzene rings is 1. The van der Waals surface area contributed by atoms with Crippen LogP contribution in [0, 0.1) is 0 Å². The van der Waals surface area contributed by atoms with Gasteiger partial charge in [0, 0.05) is 11.6 Å². The van der Waals surface area contributed by atoms with E-state index in [1.807, 2.05) is 28.8 Å². The Morgan fingerprint density at radius 1 is 1.21 bits per heavy atom. The first-order valence-electron chi connectivity index (χ1n) is 10.8. The van der Waals surface area contributed by atoms with Crippen molar-refractivity contribution in [2.24, 2.45) is 0 Å². The van der Waals surface area contributed by atoms with Crippen molar-refractivity contribution in [1.82, 2.24) is 20.1 Å². The number of thioether (sulfide) groups is 1. The van der Waals surface area contributed by atoms with Crippen LogP contribution >= 0.6 is 11.8 Å². The Kier molecular flexibility index (Phi) is 6.67. The van der Waals surface area contributed by atoms with Crippen LogP contribution in [0.25, 0.3) is 11.4 Å². The number of hydrogen-bond acceptors (Lipinski definition) is 7. The fourth-order valence-corrected chi connectivity index (χ4v) is 6.16. The van der Waals surface area contributed by atoms with Crippen molar-refractivity contribution >= 4 is 27.5 Å². The van der Waals surface area contributed by atoms with Gasteiger partial charge in [-0.1, -0.05) is 56.8 Å². The van der Waals surface area contributed by atoms with Crippen molar-refractivity contribution in [3.05, 3.63) is 54.0 Å². The van der Waals surface area contributed by atoms with Crippen LogP contribution < -0.4 is 5.32 Å². The van der Waals surface area contributed by atoms with Crippen LogP contribution in [0.2, 0.25) is 0 Å². The summed E-state index contributed by atoms with van der Waals surface area (Å²) in [5.41, 5.74) is 2.20. The topological polar surface area (TPSA) is 107 Å². The molecule has 0 saturated carbocycles. The SMILES string of the molecule is CC(C)(C)c1ccc(-c2nnc(SCC(=O)NC3CCS(=O)(=O)C3)n2Cc2ccco2)cc1. The van der Waals surface area contributed by atoms with Crippen LogP contribution in [0.15, 0.2) is 52.2 Å². The summed E-state index contributed by atoms with van der Waals surface area (Å²) in [6.07, 6.45) is 2.08. The number of aromatic nitrogens is 3. The minimum Gasteiger partial charge on any atom is -0.467 e. The summed E-state index contributed by atoms with van der Waals surface area (Å²) in [5, 5.41) is 12.1. The van der Waals surface area contributed by atoms with Gasteiger partial charge in [-0.2, -0.15) is 0 Å². The Bertz CT molecular complexity index is 1210. The third kappa shape index (κ3) is 5.86. The predicted octanol–water partition coefficient (Wildman–Crippen LogP) is 3.28. The first-order valence-corrected chi connectivity index (χ1v) is 13.6. The normalized spacial score (nSPS) is 17.8. The molecule has 2 aromatic heterocycles. The average molecular weight is 489 g/mol. The minimum absolute atomic E-state index is 0.00674. The summed E-state index contributed by atoms with van der Waals surface area (Å²) < 4.78 is 30.7. The average Bonchev–Trinajstić information content (AvgIpc) is 3.47. The molecule has 1 N–H and O–H groups in total. The highest BCUT2D eigenvalue weighted by Gasteiger charge is 2.29. The molecule has 33 heavy (non-hydrogen) atoms. The van der Waals surface area contributed by atoms with Crippen molar-refractivity contribution in [3.8, 4) is 11.4 Å². The van der Waals surface area contributed by atoms with Gasteiger partial charge in [-0.3, -0.25) is 9.36 Å². The molecule has 176 valence electrons. The van der Waals surface area contributed by atoms with E-state index >= 15 is 0 Å². The highest BCUT2D eigenvalue weighted by Crippen LogP contribution is 2.28. The molecule has 0 bridgehead atoms. The molecule has 1 amide bonds. The number of amides is 1. The van der Waals surface area contributed by atoms with E-state index in [-0.39, 0.29) is 34.6 Å². The molecule has 1 atom stereocenters. The van der Waals surface area contributed by atoms with E-state index in [1.54, 1.807) is 6.26 Å². The zero-order valence-corrected chi connectivity index (χ0v) is 20.6. The van der Waals surface area contributed by atoms with Gasteiger partial charge in [0.25, 0.3) is 0 Å². The van der Waals surface area contributed by atoms with Crippen LogP contribution in [0.5, 0.6) is 0 Å². The Labute approximate surface area is 198 Å². The smallest absolute Gasteiger partial charge is 0.230 e. The van der Waals surface area contributed by atoms with Crippen molar-refractivity contribution in [2.45, 2.75) is 50.4 Å². The van der Waals surface area contributed by atoms with Crippen molar-refractivity contribution in [2.75, 3.05) is 17.3 Å². The van der Waals surface area contributed by atoms with Gasteiger partial charge in [-0.25, -0.2) is 8.42 Å². The first-order chi connectivity index (χ1) is 15.6. The Hall–Kier alpha value is -2.59. The van der Waals surface area contributed by atoms with Gasteiger partial charge >= 0.3 is 0 Å². The second kappa shape index (κ2) is 9.34. The molecule has 3 aromatic rings. The van der Waals surface area contributed by atoms with Gasteiger partial charge in [-0.15, -0.1) is 10.2 Å². The molecule has 1 unspecified atom stereocenters. The number of nitrogens with one attached hydrogen (secondary N) is 1. The zero-order chi connectivity index (χ0) is 23.6. The van der Waals surface area contributed by atoms with Crippen molar-refractivity contribution in [3.63, 3.8) is 0 Å². The van der Waals surface area contributed by atoms with E-state index in [2.05, 4.69) is 48.4 Å². The zero-order valence-electron chi connectivity index (χ0n) is 18.9. The maximum Gasteiger partial charge on any atom is 0.230 e. The van der Waals surface area contributed by atoms with E-state index in [0.717, 1.165) is 11.3 Å². The molecule has 0 radical (unpaired) electrons. The predicted molar refractivity (Wildman–Crippen MR) is 128 cm³/mol. The summed E-state index contributed by atoms with van der Waals surface area (Å²) >= 11 is 1.27. The van der Waals surface area contributed by atoms with Crippen LogP contribution in [0.1, 0.15) is 38.5 Å². The molecule has 1 fully saturated rings. The third-order valence-electron chi connectivity index (χ3n) is 5.55. The third-order valence-corrected chi connectivity index (χ3v) is 8.28. The second-order valence-corrected chi connectivity index (χ2v) is 12.4. The number of nitrogens with zero attached hydrogens (tertiary/aromatic N) is 3. The van der Waals surface area contributed by atoms with Crippen LogP contribution in [-0.4, -0.2) is 52.4 Å². The molecule has 0 spiro atoms. The summed E-state index contributed by atoms with van der Waals surface area (Å²) in [6, 6.07) is 11.6. The molecule has 1 aliphatic rings. The largest absolute Gasteiger partial charge is 0.467 e. The van der Waals surface area contributed by atoms with Gasteiger partial charge in [0.05, 0.1) is 30.1 Å². The van der Waals surface area contributed by atoms with Crippen LogP contribution in [0.4, 0.5) is 0 Å².